The van der Waals surface area contributed by atoms with Gasteiger partial charge in [-0.05, 0) is 76.0 Å². The molecule has 2 saturated carbocycles. The van der Waals surface area contributed by atoms with Crippen LogP contribution in [0, 0.1) is 17.8 Å². The zero-order chi connectivity index (χ0) is 11.7. The van der Waals surface area contributed by atoms with Crippen LogP contribution >= 0.6 is 0 Å². The molecule has 3 atom stereocenters. The Balaban J connectivity index is 1.45. The molecule has 17 heavy (non-hydrogen) atoms. The fraction of sp³-hybridized carbons (Fsp3) is 1.00. The molecule has 2 aliphatic carbocycles. The van der Waals surface area contributed by atoms with Crippen LogP contribution in [-0.2, 0) is 0 Å². The van der Waals surface area contributed by atoms with Gasteiger partial charge in [0.2, 0.25) is 0 Å². The van der Waals surface area contributed by atoms with Crippen molar-refractivity contribution < 1.29 is 0 Å². The number of fused-ring (bicyclic) bond motifs is 2. The van der Waals surface area contributed by atoms with Gasteiger partial charge in [0.25, 0.3) is 0 Å². The first kappa shape index (κ1) is 12.0. The normalized spacial score (nSPS) is 39.0. The van der Waals surface area contributed by atoms with Crippen molar-refractivity contribution in [3.8, 4) is 0 Å². The van der Waals surface area contributed by atoms with Crippen LogP contribution in [0.2, 0.25) is 0 Å². The van der Waals surface area contributed by atoms with Gasteiger partial charge in [-0.3, -0.25) is 0 Å². The smallest absolute Gasteiger partial charge is 0.0126 e. The molecule has 2 bridgehead atoms. The number of nitrogens with zero attached hydrogens (tertiary/aromatic N) is 1. The second-order valence-corrected chi connectivity index (χ2v) is 6.53. The van der Waals surface area contributed by atoms with Crippen LogP contribution in [0.25, 0.3) is 0 Å². The highest BCUT2D eigenvalue weighted by Gasteiger charge is 2.42. The molecule has 3 rings (SSSR count). The van der Waals surface area contributed by atoms with E-state index in [4.69, 9.17) is 0 Å². The highest BCUT2D eigenvalue weighted by atomic mass is 15.2. The van der Waals surface area contributed by atoms with Crippen LogP contribution in [0.1, 0.15) is 45.4 Å². The van der Waals surface area contributed by atoms with Gasteiger partial charge in [-0.1, -0.05) is 13.3 Å². The van der Waals surface area contributed by atoms with E-state index in [1.165, 1.54) is 51.7 Å². The number of hydrogen-bond acceptors (Lipinski definition) is 2. The Hall–Kier alpha value is -0.0800. The lowest BCUT2D eigenvalue weighted by Gasteiger charge is -2.39. The van der Waals surface area contributed by atoms with Gasteiger partial charge in [0.1, 0.15) is 0 Å². The molecule has 0 amide bonds. The van der Waals surface area contributed by atoms with Crippen molar-refractivity contribution in [1.29, 1.82) is 0 Å². The number of nitrogens with one attached hydrogen (secondary N) is 1. The molecule has 2 heteroatoms. The van der Waals surface area contributed by atoms with E-state index in [0.717, 1.165) is 30.3 Å². The lowest BCUT2D eigenvalue weighted by Crippen LogP contribution is -2.45. The summed E-state index contributed by atoms with van der Waals surface area (Å²) >= 11 is 0. The molecule has 0 radical (unpaired) electrons. The van der Waals surface area contributed by atoms with E-state index in [9.17, 15) is 0 Å². The number of likely N-dealkylation sites (tertiary alicyclic amines) is 1. The molecule has 1 saturated heterocycles. The van der Waals surface area contributed by atoms with Crippen molar-refractivity contribution in [3.63, 3.8) is 0 Å². The van der Waals surface area contributed by atoms with Crippen LogP contribution in [0.15, 0.2) is 0 Å². The zero-order valence-corrected chi connectivity index (χ0v) is 11.3. The SMILES string of the molecule is CCNCC1CCN(C2CC3CCC2C3)CC1. The standard InChI is InChI=1S/C15H28N2/c1-2-16-11-12-5-7-17(8-6-12)15-10-13-3-4-14(15)9-13/h12-16H,2-11H2,1H3. The Morgan fingerprint density at radius 3 is 2.47 bits per heavy atom. The Kier molecular flexibility index (Phi) is 3.72. The number of rotatable bonds is 4. The first-order valence-electron chi connectivity index (χ1n) is 7.81. The third-order valence-electron chi connectivity index (χ3n) is 5.50. The van der Waals surface area contributed by atoms with Crippen molar-refractivity contribution in [2.45, 2.75) is 51.5 Å². The average molecular weight is 236 g/mol. The highest BCUT2D eigenvalue weighted by Crippen LogP contribution is 2.47. The van der Waals surface area contributed by atoms with Gasteiger partial charge in [0.15, 0.2) is 0 Å². The van der Waals surface area contributed by atoms with Crippen LogP contribution in [0.5, 0.6) is 0 Å². The summed E-state index contributed by atoms with van der Waals surface area (Å²) in [7, 11) is 0. The molecule has 0 spiro atoms. The van der Waals surface area contributed by atoms with Crippen LogP contribution in [0.3, 0.4) is 0 Å². The number of hydrogen-bond donors (Lipinski definition) is 1. The number of piperidine rings is 1. The molecular formula is C15H28N2. The van der Waals surface area contributed by atoms with Crippen molar-refractivity contribution in [2.75, 3.05) is 26.2 Å². The van der Waals surface area contributed by atoms with Gasteiger partial charge in [-0.2, -0.15) is 0 Å². The van der Waals surface area contributed by atoms with Crippen LogP contribution in [-0.4, -0.2) is 37.1 Å². The third-order valence-corrected chi connectivity index (χ3v) is 5.50. The lowest BCUT2D eigenvalue weighted by atomic mass is 9.90. The minimum absolute atomic E-state index is 0.949. The van der Waals surface area contributed by atoms with Gasteiger partial charge in [0.05, 0.1) is 0 Å². The summed E-state index contributed by atoms with van der Waals surface area (Å²) < 4.78 is 0. The van der Waals surface area contributed by atoms with Crippen LogP contribution in [0.4, 0.5) is 0 Å². The largest absolute Gasteiger partial charge is 0.317 e. The topological polar surface area (TPSA) is 15.3 Å². The minimum Gasteiger partial charge on any atom is -0.317 e. The zero-order valence-electron chi connectivity index (χ0n) is 11.3. The molecule has 0 aromatic heterocycles. The summed E-state index contributed by atoms with van der Waals surface area (Å²) in [5, 5.41) is 3.51. The van der Waals surface area contributed by atoms with E-state index in [0.29, 0.717) is 0 Å². The van der Waals surface area contributed by atoms with E-state index >= 15 is 0 Å². The molecule has 1 N–H and O–H groups in total. The monoisotopic (exact) mass is 236 g/mol. The van der Waals surface area contributed by atoms with Crippen molar-refractivity contribution in [3.05, 3.63) is 0 Å². The summed E-state index contributed by atoms with van der Waals surface area (Å²) in [6, 6.07) is 0.980. The Morgan fingerprint density at radius 2 is 1.88 bits per heavy atom. The molecule has 3 aliphatic rings. The summed E-state index contributed by atoms with van der Waals surface area (Å²) in [6.07, 6.45) is 9.02. The molecule has 2 nitrogen and oxygen atoms in total. The van der Waals surface area contributed by atoms with Crippen molar-refractivity contribution >= 4 is 0 Å². The van der Waals surface area contributed by atoms with Gasteiger partial charge < -0.3 is 10.2 Å². The fourth-order valence-corrected chi connectivity index (χ4v) is 4.50. The second kappa shape index (κ2) is 5.27. The molecule has 0 aromatic rings. The van der Waals surface area contributed by atoms with E-state index in [-0.39, 0.29) is 0 Å². The predicted molar refractivity (Wildman–Crippen MR) is 72.1 cm³/mol. The van der Waals surface area contributed by atoms with Gasteiger partial charge >= 0.3 is 0 Å². The Bertz CT molecular complexity index is 245. The maximum absolute atomic E-state index is 3.51. The summed E-state index contributed by atoms with van der Waals surface area (Å²) in [6.45, 7) is 7.35. The van der Waals surface area contributed by atoms with Crippen molar-refractivity contribution in [1.82, 2.24) is 10.2 Å². The minimum atomic E-state index is 0.949. The maximum atomic E-state index is 3.51. The van der Waals surface area contributed by atoms with E-state index in [1.807, 2.05) is 0 Å². The molecule has 3 unspecified atom stereocenters. The lowest BCUT2D eigenvalue weighted by molar-refractivity contribution is 0.0964. The molecule has 1 aliphatic heterocycles. The summed E-state index contributed by atoms with van der Waals surface area (Å²) in [5.41, 5.74) is 0. The fourth-order valence-electron chi connectivity index (χ4n) is 4.50. The van der Waals surface area contributed by atoms with E-state index in [2.05, 4.69) is 17.1 Å². The summed E-state index contributed by atoms with van der Waals surface area (Å²) in [5.74, 6) is 3.12. The Labute approximate surface area is 106 Å². The molecule has 98 valence electrons. The average Bonchev–Trinajstić information content (AvgIpc) is 2.99. The van der Waals surface area contributed by atoms with Crippen molar-refractivity contribution in [2.24, 2.45) is 17.8 Å². The van der Waals surface area contributed by atoms with E-state index in [1.54, 1.807) is 6.42 Å². The molecule has 1 heterocycles. The highest BCUT2D eigenvalue weighted by molar-refractivity contribution is 4.96. The predicted octanol–water partition coefficient (Wildman–Crippen LogP) is 2.50. The quantitative estimate of drug-likeness (QED) is 0.807. The van der Waals surface area contributed by atoms with Gasteiger partial charge in [-0.15, -0.1) is 0 Å². The molecule has 3 fully saturated rings. The summed E-state index contributed by atoms with van der Waals surface area (Å²) in [4.78, 5) is 2.84. The first-order chi connectivity index (χ1) is 8.36. The first-order valence-corrected chi connectivity index (χ1v) is 7.81. The van der Waals surface area contributed by atoms with Gasteiger partial charge in [-0.25, -0.2) is 0 Å². The maximum Gasteiger partial charge on any atom is 0.0126 e. The molecular weight excluding hydrogens is 208 g/mol. The Morgan fingerprint density at radius 1 is 1.06 bits per heavy atom. The van der Waals surface area contributed by atoms with Crippen LogP contribution < -0.4 is 5.32 Å². The molecule has 0 aromatic carbocycles. The second-order valence-electron chi connectivity index (χ2n) is 6.53. The third kappa shape index (κ3) is 2.53. The van der Waals surface area contributed by atoms with E-state index < -0.39 is 0 Å². The van der Waals surface area contributed by atoms with Gasteiger partial charge in [0, 0.05) is 6.04 Å².